The summed E-state index contributed by atoms with van der Waals surface area (Å²) in [4.78, 5) is 29.1. The molecule has 7 heteroatoms. The molecule has 1 aliphatic heterocycles. The molecule has 1 aromatic heterocycles. The highest BCUT2D eigenvalue weighted by Crippen LogP contribution is 2.39. The fourth-order valence-corrected chi connectivity index (χ4v) is 3.53. The van der Waals surface area contributed by atoms with E-state index >= 15 is 0 Å². The number of hydrogen-bond acceptors (Lipinski definition) is 6. The summed E-state index contributed by atoms with van der Waals surface area (Å²) in [5.74, 6) is -0.452. The van der Waals surface area contributed by atoms with Crippen LogP contribution >= 0.6 is 0 Å². The zero-order valence-corrected chi connectivity index (χ0v) is 17.8. The average molecular weight is 412 g/mol. The van der Waals surface area contributed by atoms with E-state index < -0.39 is 17.7 Å². The van der Waals surface area contributed by atoms with E-state index in [0.717, 1.165) is 6.54 Å². The maximum absolute atomic E-state index is 12.9. The van der Waals surface area contributed by atoms with E-state index in [1.165, 1.54) is 11.2 Å². The lowest BCUT2D eigenvalue weighted by Gasteiger charge is -2.24. The maximum atomic E-state index is 12.9. The molecule has 1 amide bonds. The maximum Gasteiger partial charge on any atom is 0.295 e. The minimum Gasteiger partial charge on any atom is -0.507 e. The van der Waals surface area contributed by atoms with Gasteiger partial charge >= 0.3 is 0 Å². The molecule has 1 unspecified atom stereocenters. The van der Waals surface area contributed by atoms with Crippen molar-refractivity contribution >= 4 is 17.4 Å². The van der Waals surface area contributed by atoms with Crippen LogP contribution in [0.25, 0.3) is 5.76 Å². The van der Waals surface area contributed by atoms with Crippen LogP contribution in [0.3, 0.4) is 0 Å². The monoisotopic (exact) mass is 412 g/mol. The average Bonchev–Trinajstić information content (AvgIpc) is 3.30. The smallest absolute Gasteiger partial charge is 0.295 e. The van der Waals surface area contributed by atoms with Crippen LogP contribution in [0.4, 0.5) is 0 Å². The van der Waals surface area contributed by atoms with Crippen molar-refractivity contribution in [1.29, 1.82) is 0 Å². The lowest BCUT2D eigenvalue weighted by Crippen LogP contribution is -2.32. The molecule has 160 valence electrons. The Morgan fingerprint density at radius 1 is 1.20 bits per heavy atom. The Morgan fingerprint density at radius 2 is 1.90 bits per heavy atom. The number of Topliss-reactive ketones (excluding diaryl/α,β-unsaturated/α-hetero) is 1. The largest absolute Gasteiger partial charge is 0.507 e. The molecule has 1 N–H and O–H groups in total. The highest BCUT2D eigenvalue weighted by molar-refractivity contribution is 6.46. The summed E-state index contributed by atoms with van der Waals surface area (Å²) >= 11 is 0. The number of ether oxygens (including phenoxy) is 1. The highest BCUT2D eigenvalue weighted by Gasteiger charge is 2.47. The number of aliphatic hydroxyl groups excluding tert-OH is 1. The van der Waals surface area contributed by atoms with E-state index in [-0.39, 0.29) is 17.4 Å². The molecule has 3 rings (SSSR count). The Balaban J connectivity index is 1.97. The first-order chi connectivity index (χ1) is 14.3. The molecule has 0 aliphatic carbocycles. The molecule has 30 heavy (non-hydrogen) atoms. The van der Waals surface area contributed by atoms with Gasteiger partial charge in [-0.2, -0.15) is 0 Å². The first kappa shape index (κ1) is 21.6. The molecule has 7 nitrogen and oxygen atoms in total. The SMILES string of the molecule is CC(C)Oc1ccc(/C(O)=C2/C(=O)C(=O)N(CCCN(C)C)C2c2ccco2)cc1. The Hall–Kier alpha value is -3.06. The summed E-state index contributed by atoms with van der Waals surface area (Å²) in [6.45, 7) is 5.00. The molecule has 1 atom stereocenters. The second kappa shape index (κ2) is 9.17. The fraction of sp³-hybridized carbons (Fsp3) is 0.391. The molecule has 0 saturated carbocycles. The number of rotatable bonds is 8. The normalized spacial score (nSPS) is 18.6. The zero-order chi connectivity index (χ0) is 21.8. The van der Waals surface area contributed by atoms with E-state index in [1.54, 1.807) is 36.4 Å². The van der Waals surface area contributed by atoms with Crippen LogP contribution in [0.2, 0.25) is 0 Å². The number of carbonyl (C=O) groups is 2. The predicted molar refractivity (Wildman–Crippen MR) is 113 cm³/mol. The lowest BCUT2D eigenvalue weighted by molar-refractivity contribution is -0.140. The van der Waals surface area contributed by atoms with E-state index in [2.05, 4.69) is 0 Å². The highest BCUT2D eigenvalue weighted by atomic mass is 16.5. The third-order valence-corrected chi connectivity index (χ3v) is 4.86. The summed E-state index contributed by atoms with van der Waals surface area (Å²) in [7, 11) is 3.90. The number of benzene rings is 1. The third kappa shape index (κ3) is 4.57. The van der Waals surface area contributed by atoms with Crippen LogP contribution in [-0.4, -0.2) is 59.9 Å². The van der Waals surface area contributed by atoms with Crippen LogP contribution < -0.4 is 4.74 Å². The number of ketones is 1. The lowest BCUT2D eigenvalue weighted by atomic mass is 9.99. The molecule has 2 heterocycles. The van der Waals surface area contributed by atoms with E-state index in [0.29, 0.717) is 30.0 Å². The van der Waals surface area contributed by atoms with Crippen molar-refractivity contribution in [2.75, 3.05) is 27.2 Å². The first-order valence-corrected chi connectivity index (χ1v) is 10.0. The fourth-order valence-electron chi connectivity index (χ4n) is 3.53. The summed E-state index contributed by atoms with van der Waals surface area (Å²) in [6.07, 6.45) is 2.21. The van der Waals surface area contributed by atoms with Crippen molar-refractivity contribution in [2.45, 2.75) is 32.4 Å². The molecular weight excluding hydrogens is 384 g/mol. The molecule has 0 radical (unpaired) electrons. The Kier molecular flexibility index (Phi) is 6.62. The molecule has 1 fully saturated rings. The van der Waals surface area contributed by atoms with Gasteiger partial charge in [0.15, 0.2) is 0 Å². The van der Waals surface area contributed by atoms with E-state index in [4.69, 9.17) is 9.15 Å². The number of amides is 1. The van der Waals surface area contributed by atoms with Crippen LogP contribution in [0.15, 0.2) is 52.7 Å². The third-order valence-electron chi connectivity index (χ3n) is 4.86. The first-order valence-electron chi connectivity index (χ1n) is 10.0. The quantitative estimate of drug-likeness (QED) is 0.406. The standard InChI is InChI=1S/C23H28N2O5/c1-15(2)30-17-10-8-16(9-11-17)21(26)19-20(18-7-5-14-29-18)25(23(28)22(19)27)13-6-12-24(3)4/h5,7-11,14-15,20,26H,6,12-13H2,1-4H3/b21-19-. The Morgan fingerprint density at radius 3 is 2.47 bits per heavy atom. The minimum atomic E-state index is -0.756. The number of likely N-dealkylation sites (tertiary alicyclic amines) is 1. The van der Waals surface area contributed by atoms with Gasteiger partial charge in [0.1, 0.15) is 23.3 Å². The zero-order valence-electron chi connectivity index (χ0n) is 17.8. The van der Waals surface area contributed by atoms with E-state index in [1.807, 2.05) is 32.8 Å². The van der Waals surface area contributed by atoms with Gasteiger partial charge in [0.2, 0.25) is 0 Å². The number of nitrogens with zero attached hydrogens (tertiary/aromatic N) is 2. The van der Waals surface area contributed by atoms with Gasteiger partial charge < -0.3 is 24.1 Å². The summed E-state index contributed by atoms with van der Waals surface area (Å²) in [5.41, 5.74) is 0.478. The summed E-state index contributed by atoms with van der Waals surface area (Å²) < 4.78 is 11.2. The number of furan rings is 1. The van der Waals surface area contributed by atoms with Crippen molar-refractivity contribution in [3.63, 3.8) is 0 Å². The van der Waals surface area contributed by atoms with Gasteiger partial charge in [-0.15, -0.1) is 0 Å². The van der Waals surface area contributed by atoms with Crippen LogP contribution in [0, 0.1) is 0 Å². The van der Waals surface area contributed by atoms with Crippen LogP contribution in [-0.2, 0) is 9.59 Å². The summed E-state index contributed by atoms with van der Waals surface area (Å²) in [5, 5.41) is 11.0. The summed E-state index contributed by atoms with van der Waals surface area (Å²) in [6, 6.07) is 9.45. The van der Waals surface area contributed by atoms with Gasteiger partial charge in [0.25, 0.3) is 11.7 Å². The van der Waals surface area contributed by atoms with Crippen LogP contribution in [0.1, 0.15) is 37.6 Å². The Labute approximate surface area is 176 Å². The Bertz CT molecular complexity index is 914. The number of aliphatic hydroxyl groups is 1. The molecule has 1 aliphatic rings. The molecule has 1 aromatic carbocycles. The van der Waals surface area contributed by atoms with Crippen LogP contribution in [0.5, 0.6) is 5.75 Å². The number of hydrogen-bond donors (Lipinski definition) is 1. The second-order valence-corrected chi connectivity index (χ2v) is 7.86. The molecule has 2 aromatic rings. The van der Waals surface area contributed by atoms with Gasteiger partial charge in [-0.1, -0.05) is 0 Å². The van der Waals surface area contributed by atoms with Crippen molar-refractivity contribution in [3.05, 3.63) is 59.6 Å². The second-order valence-electron chi connectivity index (χ2n) is 7.86. The van der Waals surface area contributed by atoms with E-state index in [9.17, 15) is 14.7 Å². The topological polar surface area (TPSA) is 83.2 Å². The van der Waals surface area contributed by atoms with Gasteiger partial charge in [0.05, 0.1) is 17.9 Å². The van der Waals surface area contributed by atoms with Gasteiger partial charge in [-0.05, 0) is 77.3 Å². The number of carbonyl (C=O) groups excluding carboxylic acids is 2. The molecule has 0 spiro atoms. The molecule has 0 bridgehead atoms. The van der Waals surface area contributed by atoms with Crippen molar-refractivity contribution < 1.29 is 23.8 Å². The van der Waals surface area contributed by atoms with Crippen molar-refractivity contribution in [2.24, 2.45) is 0 Å². The predicted octanol–water partition coefficient (Wildman–Crippen LogP) is 3.44. The minimum absolute atomic E-state index is 0.0240. The van der Waals surface area contributed by atoms with Crippen molar-refractivity contribution in [3.8, 4) is 5.75 Å². The molecular formula is C23H28N2O5. The molecule has 1 saturated heterocycles. The van der Waals surface area contributed by atoms with Crippen molar-refractivity contribution in [1.82, 2.24) is 9.80 Å². The van der Waals surface area contributed by atoms with Gasteiger partial charge in [-0.3, -0.25) is 9.59 Å². The van der Waals surface area contributed by atoms with Gasteiger partial charge in [-0.25, -0.2) is 0 Å². The van der Waals surface area contributed by atoms with Gasteiger partial charge in [0, 0.05) is 12.1 Å².